The summed E-state index contributed by atoms with van der Waals surface area (Å²) in [6.45, 7) is 7.90. The summed E-state index contributed by atoms with van der Waals surface area (Å²) in [5.41, 5.74) is 5.81. The second-order valence-corrected chi connectivity index (χ2v) is 9.29. The molecule has 2 atom stereocenters. The first-order valence-corrected chi connectivity index (χ1v) is 11.4. The van der Waals surface area contributed by atoms with E-state index < -0.39 is 0 Å². The summed E-state index contributed by atoms with van der Waals surface area (Å²) in [4.78, 5) is 5.14. The van der Waals surface area contributed by atoms with Crippen LogP contribution in [-0.4, -0.2) is 49.6 Å². The molecule has 150 valence electrons. The van der Waals surface area contributed by atoms with Crippen LogP contribution in [0.4, 0.5) is 0 Å². The summed E-state index contributed by atoms with van der Waals surface area (Å²) in [7, 11) is 2.24. The van der Waals surface area contributed by atoms with E-state index in [1.165, 1.54) is 52.5 Å². The van der Waals surface area contributed by atoms with Crippen molar-refractivity contribution >= 4 is 15.9 Å². The highest BCUT2D eigenvalue weighted by atomic mass is 79.9. The fourth-order valence-electron chi connectivity index (χ4n) is 4.80. The number of nitrogens with zero attached hydrogens (tertiary/aromatic N) is 2. The lowest BCUT2D eigenvalue weighted by molar-refractivity contribution is 0.0886. The predicted octanol–water partition coefficient (Wildman–Crippen LogP) is 4.71. The molecule has 2 aromatic rings. The van der Waals surface area contributed by atoms with Gasteiger partial charge in [0.1, 0.15) is 0 Å². The maximum absolute atomic E-state index is 3.84. The highest BCUT2D eigenvalue weighted by molar-refractivity contribution is 9.10. The number of rotatable bonds is 6. The maximum Gasteiger partial charge on any atom is 0.0475 e. The molecular weight excluding hydrogens is 410 g/mol. The predicted molar refractivity (Wildman–Crippen MR) is 121 cm³/mol. The summed E-state index contributed by atoms with van der Waals surface area (Å²) in [6.07, 6.45) is 3.60. The third-order valence-corrected chi connectivity index (χ3v) is 7.03. The Bertz CT molecular complexity index is 792. The Balaban J connectivity index is 1.32. The van der Waals surface area contributed by atoms with Gasteiger partial charge in [-0.1, -0.05) is 52.3 Å². The van der Waals surface area contributed by atoms with Gasteiger partial charge in [0, 0.05) is 42.7 Å². The molecule has 0 amide bonds. The molecule has 0 radical (unpaired) electrons. The monoisotopic (exact) mass is 441 g/mol. The van der Waals surface area contributed by atoms with E-state index in [0.717, 1.165) is 26.2 Å². The van der Waals surface area contributed by atoms with Crippen molar-refractivity contribution in [3.8, 4) is 0 Å². The summed E-state index contributed by atoms with van der Waals surface area (Å²) in [6, 6.07) is 16.7. The van der Waals surface area contributed by atoms with Crippen molar-refractivity contribution in [2.75, 3.05) is 39.8 Å². The lowest BCUT2D eigenvalue weighted by atomic mass is 10.0. The van der Waals surface area contributed by atoms with Gasteiger partial charge in [0.25, 0.3) is 0 Å². The van der Waals surface area contributed by atoms with E-state index in [1.807, 2.05) is 0 Å². The van der Waals surface area contributed by atoms with Gasteiger partial charge in [-0.3, -0.25) is 4.90 Å². The van der Waals surface area contributed by atoms with Crippen molar-refractivity contribution in [2.24, 2.45) is 0 Å². The fraction of sp³-hybridized carbons (Fsp3) is 0.500. The Morgan fingerprint density at radius 3 is 2.79 bits per heavy atom. The molecule has 0 aromatic heterocycles. The third-order valence-electron chi connectivity index (χ3n) is 6.32. The van der Waals surface area contributed by atoms with Crippen LogP contribution in [0.5, 0.6) is 0 Å². The van der Waals surface area contributed by atoms with Crippen molar-refractivity contribution < 1.29 is 0 Å². The number of nitrogens with one attached hydrogen (secondary N) is 1. The minimum atomic E-state index is 0.517. The normalized spacial score (nSPS) is 23.1. The van der Waals surface area contributed by atoms with Gasteiger partial charge in [-0.15, -0.1) is 0 Å². The minimum Gasteiger partial charge on any atom is -0.310 e. The SMILES string of the molecule is Cc1cc(Br)c2c(c1)C(NCCCN1CCN(C)CC1c1ccccc1)CC2. The number of fused-ring (bicyclic) bond motifs is 1. The smallest absolute Gasteiger partial charge is 0.0475 e. The van der Waals surface area contributed by atoms with Crippen LogP contribution in [0.1, 0.15) is 47.2 Å². The average molecular weight is 442 g/mol. The van der Waals surface area contributed by atoms with E-state index in [9.17, 15) is 0 Å². The zero-order chi connectivity index (χ0) is 19.5. The van der Waals surface area contributed by atoms with Crippen molar-refractivity contribution in [1.82, 2.24) is 15.1 Å². The number of likely N-dealkylation sites (N-methyl/N-ethyl adjacent to an activating group) is 1. The number of aryl methyl sites for hydroxylation is 1. The maximum atomic E-state index is 3.84. The average Bonchev–Trinajstić information content (AvgIpc) is 3.10. The second-order valence-electron chi connectivity index (χ2n) is 8.44. The Labute approximate surface area is 178 Å². The van der Waals surface area contributed by atoms with Gasteiger partial charge < -0.3 is 10.2 Å². The van der Waals surface area contributed by atoms with Crippen LogP contribution < -0.4 is 5.32 Å². The quantitative estimate of drug-likeness (QED) is 0.654. The van der Waals surface area contributed by atoms with Crippen molar-refractivity contribution in [3.63, 3.8) is 0 Å². The lowest BCUT2D eigenvalue weighted by Crippen LogP contribution is -2.47. The first kappa shape index (κ1) is 20.1. The van der Waals surface area contributed by atoms with Gasteiger partial charge in [-0.2, -0.15) is 0 Å². The van der Waals surface area contributed by atoms with E-state index in [1.54, 1.807) is 0 Å². The summed E-state index contributed by atoms with van der Waals surface area (Å²) < 4.78 is 1.29. The molecule has 1 aliphatic heterocycles. The molecule has 2 unspecified atom stereocenters. The first-order chi connectivity index (χ1) is 13.6. The Morgan fingerprint density at radius 1 is 1.14 bits per heavy atom. The van der Waals surface area contributed by atoms with Crippen LogP contribution in [0.25, 0.3) is 0 Å². The second kappa shape index (κ2) is 9.08. The van der Waals surface area contributed by atoms with Crippen molar-refractivity contribution in [3.05, 3.63) is 69.2 Å². The van der Waals surface area contributed by atoms with Gasteiger partial charge in [-0.05, 0) is 68.1 Å². The first-order valence-electron chi connectivity index (χ1n) is 10.6. The summed E-state index contributed by atoms with van der Waals surface area (Å²) in [5.74, 6) is 0. The van der Waals surface area contributed by atoms with Gasteiger partial charge in [0.05, 0.1) is 0 Å². The van der Waals surface area contributed by atoms with Crippen LogP contribution >= 0.6 is 15.9 Å². The van der Waals surface area contributed by atoms with E-state index >= 15 is 0 Å². The Morgan fingerprint density at radius 2 is 1.96 bits per heavy atom. The molecule has 0 bridgehead atoms. The van der Waals surface area contributed by atoms with E-state index in [2.05, 4.69) is 87.5 Å². The fourth-order valence-corrected chi connectivity index (χ4v) is 5.59. The minimum absolute atomic E-state index is 0.517. The van der Waals surface area contributed by atoms with Crippen molar-refractivity contribution in [1.29, 1.82) is 0 Å². The topological polar surface area (TPSA) is 18.5 Å². The standard InChI is InChI=1S/C24H32BrN3/c1-18-15-21-20(22(25)16-18)9-10-23(21)26-11-6-12-28-14-13-27(2)17-24(28)19-7-4-3-5-8-19/h3-5,7-8,15-16,23-24,26H,6,9-14,17H2,1-2H3. The molecular formula is C24H32BrN3. The highest BCUT2D eigenvalue weighted by Crippen LogP contribution is 2.36. The van der Waals surface area contributed by atoms with E-state index in [0.29, 0.717) is 12.1 Å². The number of benzene rings is 2. The Kier molecular flexibility index (Phi) is 6.52. The molecule has 1 fully saturated rings. The van der Waals surface area contributed by atoms with E-state index in [-0.39, 0.29) is 0 Å². The van der Waals surface area contributed by atoms with E-state index in [4.69, 9.17) is 0 Å². The molecule has 0 saturated carbocycles. The molecule has 4 heteroatoms. The summed E-state index contributed by atoms with van der Waals surface area (Å²) >= 11 is 3.75. The lowest BCUT2D eigenvalue weighted by Gasteiger charge is -2.40. The largest absolute Gasteiger partial charge is 0.310 e. The molecule has 1 heterocycles. The van der Waals surface area contributed by atoms with Crippen LogP contribution in [0, 0.1) is 6.92 Å². The molecule has 28 heavy (non-hydrogen) atoms. The van der Waals surface area contributed by atoms with Crippen LogP contribution in [0.3, 0.4) is 0 Å². The number of hydrogen-bond acceptors (Lipinski definition) is 3. The number of piperazine rings is 1. The van der Waals surface area contributed by atoms with Crippen molar-refractivity contribution in [2.45, 2.75) is 38.3 Å². The molecule has 0 spiro atoms. The highest BCUT2D eigenvalue weighted by Gasteiger charge is 2.27. The number of hydrogen-bond donors (Lipinski definition) is 1. The van der Waals surface area contributed by atoms with Gasteiger partial charge in [0.2, 0.25) is 0 Å². The molecule has 1 saturated heterocycles. The molecule has 1 aliphatic carbocycles. The van der Waals surface area contributed by atoms with Crippen LogP contribution in [0.2, 0.25) is 0 Å². The molecule has 1 N–H and O–H groups in total. The molecule has 4 rings (SSSR count). The number of halogens is 1. The zero-order valence-corrected chi connectivity index (χ0v) is 18.7. The third kappa shape index (κ3) is 4.51. The van der Waals surface area contributed by atoms with Crippen LogP contribution in [0.15, 0.2) is 46.9 Å². The van der Waals surface area contributed by atoms with Crippen LogP contribution in [-0.2, 0) is 6.42 Å². The van der Waals surface area contributed by atoms with Gasteiger partial charge in [0.15, 0.2) is 0 Å². The zero-order valence-electron chi connectivity index (χ0n) is 17.1. The molecule has 2 aliphatic rings. The van der Waals surface area contributed by atoms with Gasteiger partial charge in [-0.25, -0.2) is 0 Å². The Hall–Kier alpha value is -1.20. The molecule has 2 aromatic carbocycles. The summed E-state index contributed by atoms with van der Waals surface area (Å²) in [5, 5.41) is 3.84. The molecule has 3 nitrogen and oxygen atoms in total. The van der Waals surface area contributed by atoms with Gasteiger partial charge >= 0.3 is 0 Å².